The van der Waals surface area contributed by atoms with E-state index in [2.05, 4.69) is 32.7 Å². The molecule has 1 aliphatic heterocycles. The van der Waals surface area contributed by atoms with Crippen LogP contribution in [0, 0.1) is 6.92 Å². The van der Waals surface area contributed by atoms with E-state index in [1.54, 1.807) is 0 Å². The predicted octanol–water partition coefficient (Wildman–Crippen LogP) is 3.74. The molecule has 0 unspecified atom stereocenters. The maximum Gasteiger partial charge on any atom is 0.231 e. The molecule has 2 heterocycles. The van der Waals surface area contributed by atoms with E-state index >= 15 is 0 Å². The molecule has 3 aromatic rings. The molecule has 0 radical (unpaired) electrons. The van der Waals surface area contributed by atoms with Crippen molar-refractivity contribution in [3.05, 3.63) is 71.4 Å². The van der Waals surface area contributed by atoms with Crippen molar-refractivity contribution >= 4 is 11.8 Å². The van der Waals surface area contributed by atoms with Gasteiger partial charge in [-0.15, -0.1) is 0 Å². The third kappa shape index (κ3) is 3.69. The Kier molecular flexibility index (Phi) is 4.55. The van der Waals surface area contributed by atoms with Crippen LogP contribution < -0.4 is 20.1 Å². The summed E-state index contributed by atoms with van der Waals surface area (Å²) >= 11 is 0. The number of ether oxygens (including phenoxy) is 2. The van der Waals surface area contributed by atoms with Gasteiger partial charge < -0.3 is 20.1 Å². The molecule has 1 aromatic heterocycles. The lowest BCUT2D eigenvalue weighted by atomic mass is 10.2. The van der Waals surface area contributed by atoms with E-state index in [1.165, 1.54) is 5.56 Å². The van der Waals surface area contributed by atoms with Crippen molar-refractivity contribution in [1.29, 1.82) is 0 Å². The minimum absolute atomic E-state index is 0.281. The van der Waals surface area contributed by atoms with Crippen molar-refractivity contribution in [1.82, 2.24) is 9.97 Å². The van der Waals surface area contributed by atoms with Gasteiger partial charge in [-0.1, -0.05) is 36.4 Å². The number of hydrogen-bond acceptors (Lipinski definition) is 6. The smallest absolute Gasteiger partial charge is 0.231 e. The minimum Gasteiger partial charge on any atom is -0.454 e. The van der Waals surface area contributed by atoms with Crippen LogP contribution in [0.1, 0.15) is 16.7 Å². The van der Waals surface area contributed by atoms with Gasteiger partial charge in [0.1, 0.15) is 5.82 Å². The normalized spacial score (nSPS) is 12.0. The number of nitrogens with one attached hydrogen (secondary N) is 2. The van der Waals surface area contributed by atoms with Gasteiger partial charge in [0.25, 0.3) is 0 Å². The second kappa shape index (κ2) is 7.31. The largest absolute Gasteiger partial charge is 0.454 e. The number of nitrogens with zero attached hydrogens (tertiary/aromatic N) is 2. The van der Waals surface area contributed by atoms with Crippen LogP contribution in [0.3, 0.4) is 0 Å². The van der Waals surface area contributed by atoms with Gasteiger partial charge in [0.15, 0.2) is 11.5 Å². The highest BCUT2D eigenvalue weighted by atomic mass is 16.7. The minimum atomic E-state index is 0.281. The average Bonchev–Trinajstić information content (AvgIpc) is 3.15. The van der Waals surface area contributed by atoms with Crippen LogP contribution in [0.2, 0.25) is 0 Å². The van der Waals surface area contributed by atoms with Crippen LogP contribution in [-0.4, -0.2) is 16.8 Å². The van der Waals surface area contributed by atoms with Gasteiger partial charge in [0.05, 0.1) is 0 Å². The monoisotopic (exact) mass is 348 g/mol. The van der Waals surface area contributed by atoms with E-state index in [1.807, 2.05) is 49.5 Å². The van der Waals surface area contributed by atoms with E-state index in [4.69, 9.17) is 9.47 Å². The molecule has 6 heteroatoms. The van der Waals surface area contributed by atoms with Crippen LogP contribution >= 0.6 is 0 Å². The fourth-order valence-electron chi connectivity index (χ4n) is 2.72. The van der Waals surface area contributed by atoms with Gasteiger partial charge in [0, 0.05) is 24.8 Å². The molecule has 0 fully saturated rings. The van der Waals surface area contributed by atoms with E-state index in [0.717, 1.165) is 35.0 Å². The highest BCUT2D eigenvalue weighted by Gasteiger charge is 2.13. The van der Waals surface area contributed by atoms with Gasteiger partial charge in [-0.05, 0) is 30.2 Å². The predicted molar refractivity (Wildman–Crippen MR) is 100 cm³/mol. The topological polar surface area (TPSA) is 68.3 Å². The molecule has 0 aliphatic carbocycles. The zero-order valence-electron chi connectivity index (χ0n) is 14.5. The summed E-state index contributed by atoms with van der Waals surface area (Å²) in [6, 6.07) is 16.1. The van der Waals surface area contributed by atoms with Crippen LogP contribution in [0.4, 0.5) is 11.8 Å². The molecule has 0 amide bonds. The zero-order chi connectivity index (χ0) is 17.8. The lowest BCUT2D eigenvalue weighted by molar-refractivity contribution is 0.174. The van der Waals surface area contributed by atoms with Gasteiger partial charge in [-0.25, -0.2) is 4.98 Å². The molecule has 4 rings (SSSR count). The molecule has 6 nitrogen and oxygen atoms in total. The first kappa shape index (κ1) is 16.2. The lowest BCUT2D eigenvalue weighted by Gasteiger charge is -2.11. The number of aromatic nitrogens is 2. The summed E-state index contributed by atoms with van der Waals surface area (Å²) < 4.78 is 10.7. The number of hydrogen-bond donors (Lipinski definition) is 2. The Hall–Kier alpha value is -3.28. The fraction of sp³-hybridized carbons (Fsp3) is 0.200. The van der Waals surface area contributed by atoms with Crippen molar-refractivity contribution in [3.63, 3.8) is 0 Å². The molecular weight excluding hydrogens is 328 g/mol. The third-order valence-corrected chi connectivity index (χ3v) is 4.16. The average molecular weight is 348 g/mol. The van der Waals surface area contributed by atoms with Gasteiger partial charge in [0.2, 0.25) is 12.7 Å². The second-order valence-electron chi connectivity index (χ2n) is 6.11. The van der Waals surface area contributed by atoms with Crippen molar-refractivity contribution in [2.45, 2.75) is 20.0 Å². The van der Waals surface area contributed by atoms with Crippen LogP contribution in [0.25, 0.3) is 0 Å². The molecule has 0 saturated heterocycles. The number of aryl methyl sites for hydroxylation is 1. The molecular formula is C20H20N4O2. The first-order valence-corrected chi connectivity index (χ1v) is 8.52. The molecule has 0 spiro atoms. The Morgan fingerprint density at radius 2 is 1.73 bits per heavy atom. The number of rotatable bonds is 6. The van der Waals surface area contributed by atoms with E-state index in [9.17, 15) is 0 Å². The van der Waals surface area contributed by atoms with Crippen LogP contribution in [0.5, 0.6) is 11.5 Å². The summed E-state index contributed by atoms with van der Waals surface area (Å²) in [5, 5.41) is 6.63. The first-order valence-electron chi connectivity index (χ1n) is 8.52. The Labute approximate surface area is 152 Å². The highest BCUT2D eigenvalue weighted by Crippen LogP contribution is 2.32. The molecule has 26 heavy (non-hydrogen) atoms. The first-order chi connectivity index (χ1) is 12.8. The van der Waals surface area contributed by atoms with Crippen molar-refractivity contribution in [3.8, 4) is 11.5 Å². The SMILES string of the molecule is Cc1cnc(NCc2ccc3c(c2)OCO3)nc1NCc1ccccc1. The Morgan fingerprint density at radius 1 is 0.923 bits per heavy atom. The zero-order valence-corrected chi connectivity index (χ0v) is 14.5. The Bertz CT molecular complexity index is 900. The van der Waals surface area contributed by atoms with Crippen molar-refractivity contribution < 1.29 is 9.47 Å². The molecule has 0 bridgehead atoms. The highest BCUT2D eigenvalue weighted by molar-refractivity contribution is 5.48. The van der Waals surface area contributed by atoms with Crippen LogP contribution in [0.15, 0.2) is 54.7 Å². The maximum atomic E-state index is 5.41. The summed E-state index contributed by atoms with van der Waals surface area (Å²) in [5.41, 5.74) is 3.30. The quantitative estimate of drug-likeness (QED) is 0.707. The summed E-state index contributed by atoms with van der Waals surface area (Å²) in [6.07, 6.45) is 1.82. The molecule has 0 atom stereocenters. The van der Waals surface area contributed by atoms with E-state index in [-0.39, 0.29) is 6.79 Å². The molecule has 2 aromatic carbocycles. The summed E-state index contributed by atoms with van der Waals surface area (Å²) in [6.45, 7) is 3.61. The summed E-state index contributed by atoms with van der Waals surface area (Å²) in [7, 11) is 0. The summed E-state index contributed by atoms with van der Waals surface area (Å²) in [5.74, 6) is 2.98. The van der Waals surface area contributed by atoms with Crippen molar-refractivity contribution in [2.75, 3.05) is 17.4 Å². The van der Waals surface area contributed by atoms with E-state index in [0.29, 0.717) is 12.5 Å². The van der Waals surface area contributed by atoms with E-state index < -0.39 is 0 Å². The molecule has 0 saturated carbocycles. The standard InChI is InChI=1S/C20H20N4O2/c1-14-10-22-20(24-19(14)21-11-15-5-3-2-4-6-15)23-12-16-7-8-17-18(9-16)26-13-25-17/h2-10H,11-13H2,1H3,(H2,21,22,23,24). The van der Waals surface area contributed by atoms with Crippen LogP contribution in [-0.2, 0) is 13.1 Å². The number of benzene rings is 2. The number of anilines is 2. The fourth-order valence-corrected chi connectivity index (χ4v) is 2.72. The third-order valence-electron chi connectivity index (χ3n) is 4.16. The molecule has 132 valence electrons. The molecule has 1 aliphatic rings. The van der Waals surface area contributed by atoms with Crippen molar-refractivity contribution in [2.24, 2.45) is 0 Å². The molecule has 2 N–H and O–H groups in total. The van der Waals surface area contributed by atoms with Gasteiger partial charge >= 0.3 is 0 Å². The van der Waals surface area contributed by atoms with Gasteiger partial charge in [-0.2, -0.15) is 4.98 Å². The van der Waals surface area contributed by atoms with Gasteiger partial charge in [-0.3, -0.25) is 0 Å². The summed E-state index contributed by atoms with van der Waals surface area (Å²) in [4.78, 5) is 8.95. The lowest BCUT2D eigenvalue weighted by Crippen LogP contribution is -2.08. The Balaban J connectivity index is 1.41. The number of fused-ring (bicyclic) bond motifs is 1. The maximum absolute atomic E-state index is 5.41. The Morgan fingerprint density at radius 3 is 2.62 bits per heavy atom. The second-order valence-corrected chi connectivity index (χ2v) is 6.11.